The number of carbonyl (C=O) groups is 1. The number of sulfonamides is 1. The fraction of sp³-hybridized carbons (Fsp3) is 0.588. The number of benzene rings is 1. The molecule has 0 radical (unpaired) electrons. The van der Waals surface area contributed by atoms with Gasteiger partial charge in [-0.15, -0.1) is 12.4 Å². The number of hydrogen-bond donors (Lipinski definition) is 1. The van der Waals surface area contributed by atoms with Gasteiger partial charge in [-0.2, -0.15) is 4.31 Å². The second-order valence-corrected chi connectivity index (χ2v) is 8.31. The van der Waals surface area contributed by atoms with Gasteiger partial charge in [0.15, 0.2) is 0 Å². The topological polar surface area (TPSA) is 83.7 Å². The van der Waals surface area contributed by atoms with E-state index in [1.54, 1.807) is 17.0 Å². The van der Waals surface area contributed by atoms with Crippen LogP contribution < -0.4 is 5.73 Å². The molecular formula is C17H28ClN3O3S. The second-order valence-electron chi connectivity index (χ2n) is 6.37. The van der Waals surface area contributed by atoms with Gasteiger partial charge in [0.25, 0.3) is 0 Å². The molecule has 1 aromatic rings. The van der Waals surface area contributed by atoms with Crippen LogP contribution in [0.15, 0.2) is 23.1 Å². The van der Waals surface area contributed by atoms with Gasteiger partial charge in [0, 0.05) is 26.2 Å². The number of nitrogens with zero attached hydrogens (tertiary/aromatic N) is 2. The molecule has 1 heterocycles. The number of amides is 1. The molecule has 1 aliphatic rings. The Kier molecular flexibility index (Phi) is 7.87. The fourth-order valence-electron chi connectivity index (χ4n) is 2.84. The SMILES string of the molecule is CCCC(N)C(=O)N1CCN(S(=O)(=O)c2ccc(C)c(C)c2)CC1.Cl. The quantitative estimate of drug-likeness (QED) is 0.830. The second kappa shape index (κ2) is 8.98. The summed E-state index contributed by atoms with van der Waals surface area (Å²) in [5.74, 6) is -0.0833. The van der Waals surface area contributed by atoms with E-state index < -0.39 is 16.1 Å². The third-order valence-corrected chi connectivity index (χ3v) is 6.48. The fourth-order valence-corrected chi connectivity index (χ4v) is 4.35. The molecule has 8 heteroatoms. The standard InChI is InChI=1S/C17H27N3O3S.ClH/c1-4-5-16(18)17(21)19-8-10-20(11-9-19)24(22,23)15-7-6-13(2)14(3)12-15;/h6-7,12,16H,4-5,8-11,18H2,1-3H3;1H. The third kappa shape index (κ3) is 4.94. The van der Waals surface area contributed by atoms with Crippen molar-refractivity contribution >= 4 is 28.3 Å². The van der Waals surface area contributed by atoms with Crippen molar-refractivity contribution in [1.29, 1.82) is 0 Å². The van der Waals surface area contributed by atoms with Gasteiger partial charge < -0.3 is 10.6 Å². The Labute approximate surface area is 156 Å². The van der Waals surface area contributed by atoms with Crippen LogP contribution in [-0.2, 0) is 14.8 Å². The van der Waals surface area contributed by atoms with Crippen LogP contribution in [-0.4, -0.2) is 55.8 Å². The Balaban J connectivity index is 0.00000312. The summed E-state index contributed by atoms with van der Waals surface area (Å²) in [6.07, 6.45) is 1.51. The summed E-state index contributed by atoms with van der Waals surface area (Å²) in [6.45, 7) is 7.23. The summed E-state index contributed by atoms with van der Waals surface area (Å²) in [5.41, 5.74) is 7.90. The van der Waals surface area contributed by atoms with E-state index in [1.807, 2.05) is 26.8 Å². The molecule has 0 saturated carbocycles. The van der Waals surface area contributed by atoms with Crippen molar-refractivity contribution in [2.75, 3.05) is 26.2 Å². The van der Waals surface area contributed by atoms with Crippen molar-refractivity contribution in [3.8, 4) is 0 Å². The molecule has 0 aromatic heterocycles. The Bertz CT molecular complexity index is 701. The highest BCUT2D eigenvalue weighted by Crippen LogP contribution is 2.20. The zero-order chi connectivity index (χ0) is 17.9. The third-order valence-electron chi connectivity index (χ3n) is 4.58. The number of nitrogens with two attached hydrogens (primary N) is 1. The van der Waals surface area contributed by atoms with Crippen molar-refractivity contribution in [2.24, 2.45) is 5.73 Å². The maximum atomic E-state index is 12.8. The molecule has 1 aromatic carbocycles. The highest BCUT2D eigenvalue weighted by molar-refractivity contribution is 7.89. The van der Waals surface area contributed by atoms with Gasteiger partial charge in [-0.05, 0) is 43.5 Å². The minimum absolute atomic E-state index is 0. The summed E-state index contributed by atoms with van der Waals surface area (Å²) in [6, 6.07) is 4.69. The van der Waals surface area contributed by atoms with E-state index >= 15 is 0 Å². The Hall–Kier alpha value is -1.15. The minimum Gasteiger partial charge on any atom is -0.339 e. The maximum Gasteiger partial charge on any atom is 0.243 e. The first-order valence-electron chi connectivity index (χ1n) is 8.39. The van der Waals surface area contributed by atoms with Crippen LogP contribution in [0.1, 0.15) is 30.9 Å². The first-order valence-corrected chi connectivity index (χ1v) is 9.83. The van der Waals surface area contributed by atoms with E-state index in [0.29, 0.717) is 37.5 Å². The number of aryl methyl sites for hydroxylation is 2. The number of hydrogen-bond acceptors (Lipinski definition) is 4. The Morgan fingerprint density at radius 2 is 1.76 bits per heavy atom. The van der Waals surface area contributed by atoms with Gasteiger partial charge in [0.05, 0.1) is 10.9 Å². The van der Waals surface area contributed by atoms with Crippen molar-refractivity contribution < 1.29 is 13.2 Å². The van der Waals surface area contributed by atoms with Crippen molar-refractivity contribution in [3.63, 3.8) is 0 Å². The van der Waals surface area contributed by atoms with E-state index in [1.165, 1.54) is 4.31 Å². The lowest BCUT2D eigenvalue weighted by Crippen LogP contribution is -2.54. The molecule has 1 aliphatic heterocycles. The van der Waals surface area contributed by atoms with Gasteiger partial charge in [-0.3, -0.25) is 4.79 Å². The molecule has 1 fully saturated rings. The molecule has 0 bridgehead atoms. The maximum absolute atomic E-state index is 12.8. The predicted octanol–water partition coefficient (Wildman–Crippen LogP) is 1.69. The van der Waals surface area contributed by atoms with Crippen LogP contribution in [0, 0.1) is 13.8 Å². The van der Waals surface area contributed by atoms with Crippen LogP contribution in [0.3, 0.4) is 0 Å². The number of halogens is 1. The van der Waals surface area contributed by atoms with Gasteiger partial charge >= 0.3 is 0 Å². The smallest absolute Gasteiger partial charge is 0.243 e. The molecule has 0 aliphatic carbocycles. The molecule has 142 valence electrons. The lowest BCUT2D eigenvalue weighted by molar-refractivity contribution is -0.133. The van der Waals surface area contributed by atoms with Crippen LogP contribution in [0.4, 0.5) is 0 Å². The lowest BCUT2D eigenvalue weighted by atomic mass is 10.1. The van der Waals surface area contributed by atoms with E-state index in [2.05, 4.69) is 0 Å². The van der Waals surface area contributed by atoms with E-state index in [4.69, 9.17) is 5.73 Å². The zero-order valence-corrected chi connectivity index (χ0v) is 16.7. The van der Waals surface area contributed by atoms with Crippen LogP contribution in [0.2, 0.25) is 0 Å². The molecular weight excluding hydrogens is 362 g/mol. The average Bonchev–Trinajstić information content (AvgIpc) is 2.57. The highest BCUT2D eigenvalue weighted by Gasteiger charge is 2.31. The largest absolute Gasteiger partial charge is 0.339 e. The lowest BCUT2D eigenvalue weighted by Gasteiger charge is -2.35. The number of carbonyl (C=O) groups excluding carboxylic acids is 1. The number of rotatable bonds is 5. The highest BCUT2D eigenvalue weighted by atomic mass is 35.5. The van der Waals surface area contributed by atoms with E-state index in [9.17, 15) is 13.2 Å². The monoisotopic (exact) mass is 389 g/mol. The van der Waals surface area contributed by atoms with E-state index in [0.717, 1.165) is 17.5 Å². The van der Waals surface area contributed by atoms with Gasteiger partial charge in [-0.25, -0.2) is 8.42 Å². The molecule has 25 heavy (non-hydrogen) atoms. The molecule has 1 unspecified atom stereocenters. The summed E-state index contributed by atoms with van der Waals surface area (Å²) < 4.78 is 27.0. The van der Waals surface area contributed by atoms with Crippen LogP contribution in [0.25, 0.3) is 0 Å². The first-order chi connectivity index (χ1) is 11.3. The first kappa shape index (κ1) is 21.9. The Morgan fingerprint density at radius 1 is 1.16 bits per heavy atom. The molecule has 2 N–H and O–H groups in total. The van der Waals surface area contributed by atoms with Crippen molar-refractivity contribution in [1.82, 2.24) is 9.21 Å². The molecule has 1 saturated heterocycles. The molecule has 6 nitrogen and oxygen atoms in total. The zero-order valence-electron chi connectivity index (χ0n) is 15.1. The van der Waals surface area contributed by atoms with Gasteiger partial charge in [0.1, 0.15) is 0 Å². The van der Waals surface area contributed by atoms with Crippen molar-refractivity contribution in [2.45, 2.75) is 44.6 Å². The Morgan fingerprint density at radius 3 is 2.28 bits per heavy atom. The van der Waals surface area contributed by atoms with Gasteiger partial charge in [-0.1, -0.05) is 19.4 Å². The summed E-state index contributed by atoms with van der Waals surface area (Å²) in [5, 5.41) is 0. The molecule has 1 atom stereocenters. The van der Waals surface area contributed by atoms with Crippen LogP contribution >= 0.6 is 12.4 Å². The van der Waals surface area contributed by atoms with Gasteiger partial charge in [0.2, 0.25) is 15.9 Å². The molecule has 0 spiro atoms. The average molecular weight is 390 g/mol. The summed E-state index contributed by atoms with van der Waals surface area (Å²) >= 11 is 0. The predicted molar refractivity (Wildman–Crippen MR) is 101 cm³/mol. The minimum atomic E-state index is -3.52. The van der Waals surface area contributed by atoms with Crippen LogP contribution in [0.5, 0.6) is 0 Å². The summed E-state index contributed by atoms with van der Waals surface area (Å²) in [7, 11) is -3.52. The molecule has 2 rings (SSSR count). The summed E-state index contributed by atoms with van der Waals surface area (Å²) in [4.78, 5) is 14.2. The molecule has 1 amide bonds. The number of piperazine rings is 1. The normalized spacial score (nSPS) is 17.0. The van der Waals surface area contributed by atoms with E-state index in [-0.39, 0.29) is 18.3 Å². The van der Waals surface area contributed by atoms with Crippen molar-refractivity contribution in [3.05, 3.63) is 29.3 Å².